The Bertz CT molecular complexity index is 244. The Morgan fingerprint density at radius 2 is 1.76 bits per heavy atom. The predicted octanol–water partition coefficient (Wildman–Crippen LogP) is 5.49. The van der Waals surface area contributed by atoms with Crippen molar-refractivity contribution in [1.29, 1.82) is 0 Å². The summed E-state index contributed by atoms with van der Waals surface area (Å²) in [6.45, 7) is 9.19. The highest BCUT2D eigenvalue weighted by atomic mass is 32.1. The van der Waals surface area contributed by atoms with E-state index in [4.69, 9.17) is 0 Å². The molecule has 0 nitrogen and oxygen atoms in total. The van der Waals surface area contributed by atoms with E-state index in [2.05, 4.69) is 46.4 Å². The van der Waals surface area contributed by atoms with Gasteiger partial charge in [-0.2, -0.15) is 12.6 Å². The van der Waals surface area contributed by atoms with Crippen molar-refractivity contribution in [3.05, 3.63) is 11.6 Å². The first-order chi connectivity index (χ1) is 7.99. The van der Waals surface area contributed by atoms with Crippen LogP contribution in [0.3, 0.4) is 0 Å². The summed E-state index contributed by atoms with van der Waals surface area (Å²) >= 11 is 4.52. The van der Waals surface area contributed by atoms with Crippen LogP contribution in [0.25, 0.3) is 0 Å². The third kappa shape index (κ3) is 5.99. The standard InChI is InChI=1S/C8H16S.C8H14/c1-6-3-4-7(2)8(9)5-6;1-7-3-5-8(2)6-4-7/h6-9H,3-5H2,1-2H3;3,8H,4-6H2,1-2H3. The lowest BCUT2D eigenvalue weighted by atomic mass is 9.84. The summed E-state index contributed by atoms with van der Waals surface area (Å²) in [7, 11) is 0. The van der Waals surface area contributed by atoms with Gasteiger partial charge in [-0.25, -0.2) is 0 Å². The zero-order chi connectivity index (χ0) is 12.8. The molecule has 2 aliphatic rings. The molecule has 2 rings (SSSR count). The van der Waals surface area contributed by atoms with Crippen LogP contribution in [0.1, 0.15) is 66.2 Å². The van der Waals surface area contributed by atoms with Crippen molar-refractivity contribution in [2.75, 3.05) is 0 Å². The molecule has 0 heterocycles. The second kappa shape index (κ2) is 7.51. The molecule has 0 N–H and O–H groups in total. The minimum Gasteiger partial charge on any atom is -0.176 e. The minimum absolute atomic E-state index is 0.675. The van der Waals surface area contributed by atoms with Gasteiger partial charge in [-0.05, 0) is 56.8 Å². The molecule has 0 aromatic rings. The Morgan fingerprint density at radius 3 is 2.18 bits per heavy atom. The molecule has 2 aliphatic carbocycles. The van der Waals surface area contributed by atoms with Gasteiger partial charge in [0.2, 0.25) is 0 Å². The van der Waals surface area contributed by atoms with E-state index in [-0.39, 0.29) is 0 Å². The first-order valence-corrected chi connectivity index (χ1v) is 7.84. The van der Waals surface area contributed by atoms with Crippen molar-refractivity contribution in [3.8, 4) is 0 Å². The molecule has 0 amide bonds. The zero-order valence-corrected chi connectivity index (χ0v) is 13.0. The van der Waals surface area contributed by atoms with E-state index in [0.717, 1.165) is 17.8 Å². The molecule has 1 fully saturated rings. The molecule has 0 aliphatic heterocycles. The van der Waals surface area contributed by atoms with Gasteiger partial charge in [-0.3, -0.25) is 0 Å². The van der Waals surface area contributed by atoms with Crippen LogP contribution in [0, 0.1) is 17.8 Å². The Balaban J connectivity index is 0.000000171. The van der Waals surface area contributed by atoms with Gasteiger partial charge in [-0.1, -0.05) is 38.8 Å². The van der Waals surface area contributed by atoms with Crippen LogP contribution in [0.5, 0.6) is 0 Å². The number of hydrogen-bond acceptors (Lipinski definition) is 1. The fourth-order valence-corrected chi connectivity index (χ4v) is 3.11. The predicted molar refractivity (Wildman–Crippen MR) is 81.7 cm³/mol. The van der Waals surface area contributed by atoms with E-state index in [1.54, 1.807) is 5.57 Å². The first-order valence-electron chi connectivity index (χ1n) is 7.32. The van der Waals surface area contributed by atoms with Crippen LogP contribution in [-0.2, 0) is 0 Å². The average Bonchev–Trinajstić information content (AvgIpc) is 2.29. The molecule has 1 saturated carbocycles. The van der Waals surface area contributed by atoms with E-state index in [0.29, 0.717) is 5.25 Å². The van der Waals surface area contributed by atoms with Crippen molar-refractivity contribution in [2.24, 2.45) is 17.8 Å². The third-order valence-electron chi connectivity index (χ3n) is 4.32. The van der Waals surface area contributed by atoms with Gasteiger partial charge in [0.25, 0.3) is 0 Å². The van der Waals surface area contributed by atoms with Crippen molar-refractivity contribution >= 4 is 12.6 Å². The summed E-state index contributed by atoms with van der Waals surface area (Å²) in [6.07, 6.45) is 10.5. The summed E-state index contributed by atoms with van der Waals surface area (Å²) in [5, 5.41) is 0.675. The fourth-order valence-electron chi connectivity index (χ4n) is 2.60. The van der Waals surface area contributed by atoms with Gasteiger partial charge < -0.3 is 0 Å². The SMILES string of the molecule is CC1=CCC(C)CC1.CC1CCC(C)C(S)C1. The topological polar surface area (TPSA) is 0 Å². The quantitative estimate of drug-likeness (QED) is 0.428. The van der Waals surface area contributed by atoms with Crippen LogP contribution in [0.2, 0.25) is 0 Å². The molecule has 0 bridgehead atoms. The molecule has 0 saturated heterocycles. The first kappa shape index (κ1) is 15.1. The highest BCUT2D eigenvalue weighted by Gasteiger charge is 2.21. The molecule has 4 atom stereocenters. The maximum absolute atomic E-state index is 4.52. The summed E-state index contributed by atoms with van der Waals surface area (Å²) < 4.78 is 0. The van der Waals surface area contributed by atoms with Gasteiger partial charge in [0.05, 0.1) is 0 Å². The summed E-state index contributed by atoms with van der Waals surface area (Å²) in [5.41, 5.74) is 1.59. The molecule has 100 valence electrons. The van der Waals surface area contributed by atoms with Gasteiger partial charge in [0, 0.05) is 5.25 Å². The molecule has 0 aromatic carbocycles. The molecule has 0 aromatic heterocycles. The Labute approximate surface area is 114 Å². The molecule has 0 spiro atoms. The van der Waals surface area contributed by atoms with E-state index < -0.39 is 0 Å². The largest absolute Gasteiger partial charge is 0.176 e. The van der Waals surface area contributed by atoms with Crippen LogP contribution < -0.4 is 0 Å². The van der Waals surface area contributed by atoms with Gasteiger partial charge >= 0.3 is 0 Å². The number of rotatable bonds is 0. The molecular weight excluding hydrogens is 224 g/mol. The Kier molecular flexibility index (Phi) is 6.69. The second-order valence-corrected chi connectivity index (χ2v) is 7.06. The zero-order valence-electron chi connectivity index (χ0n) is 12.1. The Hall–Kier alpha value is 0.0900. The maximum atomic E-state index is 4.52. The highest BCUT2D eigenvalue weighted by molar-refractivity contribution is 7.81. The second-order valence-electron chi connectivity index (χ2n) is 6.39. The lowest BCUT2D eigenvalue weighted by molar-refractivity contribution is 0.319. The molecule has 4 unspecified atom stereocenters. The van der Waals surface area contributed by atoms with Crippen LogP contribution in [0.4, 0.5) is 0 Å². The van der Waals surface area contributed by atoms with E-state index in [1.807, 2.05) is 0 Å². The number of thiol groups is 1. The lowest BCUT2D eigenvalue weighted by Gasteiger charge is -2.28. The van der Waals surface area contributed by atoms with Crippen molar-refractivity contribution in [2.45, 2.75) is 71.5 Å². The molecule has 0 radical (unpaired) electrons. The van der Waals surface area contributed by atoms with Crippen molar-refractivity contribution < 1.29 is 0 Å². The van der Waals surface area contributed by atoms with Crippen LogP contribution >= 0.6 is 12.6 Å². The fraction of sp³-hybridized carbons (Fsp3) is 0.875. The molecular formula is C16H30S. The highest BCUT2D eigenvalue weighted by Crippen LogP contribution is 2.31. The lowest BCUT2D eigenvalue weighted by Crippen LogP contribution is -2.21. The molecule has 17 heavy (non-hydrogen) atoms. The van der Waals surface area contributed by atoms with Gasteiger partial charge in [0.15, 0.2) is 0 Å². The number of hydrogen-bond donors (Lipinski definition) is 1. The van der Waals surface area contributed by atoms with Crippen LogP contribution in [0.15, 0.2) is 11.6 Å². The van der Waals surface area contributed by atoms with E-state index >= 15 is 0 Å². The van der Waals surface area contributed by atoms with Crippen LogP contribution in [-0.4, -0.2) is 5.25 Å². The Morgan fingerprint density at radius 1 is 1.06 bits per heavy atom. The third-order valence-corrected chi connectivity index (χ3v) is 5.04. The van der Waals surface area contributed by atoms with E-state index in [9.17, 15) is 0 Å². The monoisotopic (exact) mass is 254 g/mol. The number of allylic oxidation sites excluding steroid dienone is 2. The van der Waals surface area contributed by atoms with Crippen molar-refractivity contribution in [1.82, 2.24) is 0 Å². The van der Waals surface area contributed by atoms with Gasteiger partial charge in [-0.15, -0.1) is 0 Å². The van der Waals surface area contributed by atoms with E-state index in [1.165, 1.54) is 38.5 Å². The summed E-state index contributed by atoms with van der Waals surface area (Å²) in [4.78, 5) is 0. The minimum atomic E-state index is 0.675. The summed E-state index contributed by atoms with van der Waals surface area (Å²) in [6, 6.07) is 0. The molecule has 1 heteroatoms. The summed E-state index contributed by atoms with van der Waals surface area (Å²) in [5.74, 6) is 2.71. The van der Waals surface area contributed by atoms with Crippen molar-refractivity contribution in [3.63, 3.8) is 0 Å². The van der Waals surface area contributed by atoms with Gasteiger partial charge in [0.1, 0.15) is 0 Å². The average molecular weight is 254 g/mol. The maximum Gasteiger partial charge on any atom is 0.00449 e. The smallest absolute Gasteiger partial charge is 0.00449 e. The normalized spacial score (nSPS) is 37.8.